The monoisotopic (exact) mass is 279 g/mol. The molecule has 0 spiro atoms. The van der Waals surface area contributed by atoms with Crippen LogP contribution in [0.25, 0.3) is 0 Å². The summed E-state index contributed by atoms with van der Waals surface area (Å²) in [4.78, 5) is 20.8. The Morgan fingerprint density at radius 2 is 2.00 bits per heavy atom. The molecule has 7 nitrogen and oxygen atoms in total. The zero-order chi connectivity index (χ0) is 15.8. The third-order valence-electron chi connectivity index (χ3n) is 1.55. The molecule has 0 unspecified atom stereocenters. The van der Waals surface area contributed by atoms with E-state index in [2.05, 4.69) is 23.2 Å². The van der Waals surface area contributed by atoms with E-state index in [0.717, 1.165) is 6.08 Å². The van der Waals surface area contributed by atoms with Gasteiger partial charge >= 0.3 is 11.9 Å². The fourth-order valence-corrected chi connectivity index (χ4v) is 0.667. The molecular formula is C13H17N3O4. The van der Waals surface area contributed by atoms with Gasteiger partial charge in [0, 0.05) is 18.2 Å². The molecule has 0 heterocycles. The fourth-order valence-electron chi connectivity index (χ4n) is 0.667. The molecule has 7 heteroatoms. The summed E-state index contributed by atoms with van der Waals surface area (Å²) in [6.07, 6.45) is 3.41. The molecular weight excluding hydrogens is 262 g/mol. The number of rotatable bonds is 7. The van der Waals surface area contributed by atoms with Gasteiger partial charge in [0.1, 0.15) is 6.07 Å². The summed E-state index contributed by atoms with van der Waals surface area (Å²) in [6, 6.07) is 1.64. The van der Waals surface area contributed by atoms with E-state index in [1.807, 2.05) is 0 Å². The standard InChI is InChI=1S/C8H12N2O2.C5H5NO2/c1-7(2)8(11)12-5-3-4-10-6-9;1-2-5(7)8-4-3-6/h10H,1,3-5H2,2H3;2H,1,4H2. The maximum atomic E-state index is 10.8. The molecule has 0 radical (unpaired) electrons. The van der Waals surface area contributed by atoms with E-state index in [-0.39, 0.29) is 12.6 Å². The SMILES string of the molecule is C=C(C)C(=O)OCCCNC#N.C=CC(=O)OCC#N. The highest BCUT2D eigenvalue weighted by molar-refractivity contribution is 5.86. The predicted octanol–water partition coefficient (Wildman–Crippen LogP) is 0.806. The van der Waals surface area contributed by atoms with Crippen molar-refractivity contribution >= 4 is 11.9 Å². The van der Waals surface area contributed by atoms with Crippen molar-refractivity contribution in [1.82, 2.24) is 5.32 Å². The quantitative estimate of drug-likeness (QED) is 0.241. The predicted molar refractivity (Wildman–Crippen MR) is 70.8 cm³/mol. The number of hydrogen-bond acceptors (Lipinski definition) is 7. The average Bonchev–Trinajstić information content (AvgIpc) is 2.44. The lowest BCUT2D eigenvalue weighted by atomic mass is 10.3. The molecule has 20 heavy (non-hydrogen) atoms. The minimum absolute atomic E-state index is 0.204. The molecule has 108 valence electrons. The molecule has 0 bridgehead atoms. The van der Waals surface area contributed by atoms with Crippen LogP contribution in [0, 0.1) is 22.8 Å². The molecule has 0 rings (SSSR count). The Kier molecular flexibility index (Phi) is 13.9. The van der Waals surface area contributed by atoms with Crippen molar-refractivity contribution in [2.75, 3.05) is 19.8 Å². The van der Waals surface area contributed by atoms with Gasteiger partial charge in [0.2, 0.25) is 0 Å². The lowest BCUT2D eigenvalue weighted by Gasteiger charge is -2.02. The lowest BCUT2D eigenvalue weighted by Crippen LogP contribution is -2.12. The second kappa shape index (κ2) is 14.3. The molecule has 1 N–H and O–H groups in total. The molecule has 0 amide bonds. The fraction of sp³-hybridized carbons (Fsp3) is 0.385. The van der Waals surface area contributed by atoms with Gasteiger partial charge in [0.25, 0.3) is 0 Å². The molecule has 0 saturated heterocycles. The topological polar surface area (TPSA) is 112 Å². The van der Waals surface area contributed by atoms with Crippen LogP contribution in [0.2, 0.25) is 0 Å². The number of nitrogens with one attached hydrogen (secondary N) is 1. The van der Waals surface area contributed by atoms with Crippen LogP contribution in [0.3, 0.4) is 0 Å². The highest BCUT2D eigenvalue weighted by Gasteiger charge is 2.00. The van der Waals surface area contributed by atoms with Gasteiger partial charge in [0.15, 0.2) is 12.8 Å². The largest absolute Gasteiger partial charge is 0.462 e. The third kappa shape index (κ3) is 15.2. The van der Waals surface area contributed by atoms with Crippen LogP contribution in [0.15, 0.2) is 24.8 Å². The Hall–Kier alpha value is -2.80. The summed E-state index contributed by atoms with van der Waals surface area (Å²) in [7, 11) is 0. The van der Waals surface area contributed by atoms with Gasteiger partial charge in [-0.05, 0) is 13.3 Å². The third-order valence-corrected chi connectivity index (χ3v) is 1.55. The second-order valence-electron chi connectivity index (χ2n) is 3.28. The zero-order valence-electron chi connectivity index (χ0n) is 11.3. The minimum Gasteiger partial charge on any atom is -0.462 e. The summed E-state index contributed by atoms with van der Waals surface area (Å²) >= 11 is 0. The number of esters is 2. The average molecular weight is 279 g/mol. The van der Waals surface area contributed by atoms with Crippen molar-refractivity contribution in [2.45, 2.75) is 13.3 Å². The Morgan fingerprint density at radius 1 is 1.35 bits per heavy atom. The molecule has 0 aromatic rings. The Morgan fingerprint density at radius 3 is 2.45 bits per heavy atom. The Bertz CT molecular complexity index is 418. The molecule has 0 aliphatic rings. The van der Waals surface area contributed by atoms with Crippen LogP contribution < -0.4 is 5.32 Å². The summed E-state index contributed by atoms with van der Waals surface area (Å²) < 4.78 is 8.98. The van der Waals surface area contributed by atoms with Crippen molar-refractivity contribution in [3.8, 4) is 12.3 Å². The van der Waals surface area contributed by atoms with Crippen molar-refractivity contribution in [2.24, 2.45) is 0 Å². The molecule has 0 aromatic carbocycles. The summed E-state index contributed by atoms with van der Waals surface area (Å²) in [5, 5.41) is 18.4. The molecule has 0 saturated carbocycles. The molecule has 0 atom stereocenters. The number of ether oxygens (including phenoxy) is 2. The van der Waals surface area contributed by atoms with E-state index in [4.69, 9.17) is 15.3 Å². The minimum atomic E-state index is -0.563. The van der Waals surface area contributed by atoms with Crippen molar-refractivity contribution in [3.63, 3.8) is 0 Å². The smallest absolute Gasteiger partial charge is 0.333 e. The first-order valence-corrected chi connectivity index (χ1v) is 5.60. The number of nitrogens with zero attached hydrogens (tertiary/aromatic N) is 2. The van der Waals surface area contributed by atoms with E-state index >= 15 is 0 Å². The zero-order valence-corrected chi connectivity index (χ0v) is 11.3. The van der Waals surface area contributed by atoms with E-state index in [0.29, 0.717) is 25.1 Å². The van der Waals surface area contributed by atoms with Crippen molar-refractivity contribution in [1.29, 1.82) is 10.5 Å². The van der Waals surface area contributed by atoms with Gasteiger partial charge in [-0.15, -0.1) is 0 Å². The number of hydrogen-bond donors (Lipinski definition) is 1. The molecule has 0 aliphatic heterocycles. The van der Waals surface area contributed by atoms with E-state index in [9.17, 15) is 9.59 Å². The summed E-state index contributed by atoms with van der Waals surface area (Å²) in [5.74, 6) is -0.946. The van der Waals surface area contributed by atoms with Crippen LogP contribution in [-0.4, -0.2) is 31.7 Å². The highest BCUT2D eigenvalue weighted by atomic mass is 16.5. The number of carbonyl (C=O) groups excluding carboxylic acids is 2. The number of nitriles is 2. The lowest BCUT2D eigenvalue weighted by molar-refractivity contribution is -0.139. The first kappa shape index (κ1) is 19.5. The van der Waals surface area contributed by atoms with Crippen molar-refractivity contribution < 1.29 is 19.1 Å². The first-order valence-electron chi connectivity index (χ1n) is 5.60. The van der Waals surface area contributed by atoms with Gasteiger partial charge in [-0.1, -0.05) is 13.2 Å². The van der Waals surface area contributed by atoms with E-state index in [1.165, 1.54) is 0 Å². The van der Waals surface area contributed by atoms with Crippen molar-refractivity contribution in [3.05, 3.63) is 24.8 Å². The maximum Gasteiger partial charge on any atom is 0.333 e. The van der Waals surface area contributed by atoms with E-state index < -0.39 is 5.97 Å². The molecule has 0 fully saturated rings. The highest BCUT2D eigenvalue weighted by Crippen LogP contribution is 1.92. The van der Waals surface area contributed by atoms with Crippen LogP contribution in [0.1, 0.15) is 13.3 Å². The van der Waals surface area contributed by atoms with Gasteiger partial charge < -0.3 is 14.8 Å². The normalized spacial score (nSPS) is 7.75. The number of carbonyl (C=O) groups is 2. The summed E-state index contributed by atoms with van der Waals surface area (Å²) in [6.45, 7) is 8.79. The van der Waals surface area contributed by atoms with Crippen LogP contribution in [0.5, 0.6) is 0 Å². The molecule has 0 aliphatic carbocycles. The first-order chi connectivity index (χ1) is 9.49. The Balaban J connectivity index is 0. The van der Waals surface area contributed by atoms with Gasteiger partial charge in [0.05, 0.1) is 6.61 Å². The van der Waals surface area contributed by atoms with Gasteiger partial charge in [-0.2, -0.15) is 10.5 Å². The van der Waals surface area contributed by atoms with Crippen LogP contribution in [-0.2, 0) is 19.1 Å². The second-order valence-corrected chi connectivity index (χ2v) is 3.28. The van der Waals surface area contributed by atoms with Crippen LogP contribution in [0.4, 0.5) is 0 Å². The van der Waals surface area contributed by atoms with E-state index in [1.54, 1.807) is 19.2 Å². The molecule has 0 aromatic heterocycles. The van der Waals surface area contributed by atoms with Gasteiger partial charge in [-0.3, -0.25) is 0 Å². The van der Waals surface area contributed by atoms with Gasteiger partial charge in [-0.25, -0.2) is 9.59 Å². The maximum absolute atomic E-state index is 10.8. The summed E-state index contributed by atoms with van der Waals surface area (Å²) in [5.41, 5.74) is 0.392. The Labute approximate surface area is 118 Å². The van der Waals surface area contributed by atoms with Crippen LogP contribution >= 0.6 is 0 Å².